The average Bonchev–Trinajstić information content (AvgIpc) is 2.61. The van der Waals surface area contributed by atoms with Gasteiger partial charge in [-0.3, -0.25) is 0 Å². The van der Waals surface area contributed by atoms with E-state index >= 15 is 0 Å². The molecule has 2 aromatic rings. The van der Waals surface area contributed by atoms with E-state index in [9.17, 15) is 0 Å². The molecule has 0 aliphatic carbocycles. The highest BCUT2D eigenvalue weighted by Gasteiger charge is 2.11. The molecule has 1 aromatic heterocycles. The van der Waals surface area contributed by atoms with E-state index in [-0.39, 0.29) is 0 Å². The Kier molecular flexibility index (Phi) is 3.22. The van der Waals surface area contributed by atoms with E-state index in [1.165, 1.54) is 0 Å². The van der Waals surface area contributed by atoms with Crippen LogP contribution in [0.4, 0.5) is 0 Å². The topological polar surface area (TPSA) is 17.8 Å². The van der Waals surface area contributed by atoms with Crippen LogP contribution in [0.25, 0.3) is 5.69 Å². The summed E-state index contributed by atoms with van der Waals surface area (Å²) in [4.78, 5) is 0. The number of rotatable bonds is 2. The van der Waals surface area contributed by atoms with Crippen LogP contribution in [0.15, 0.2) is 30.3 Å². The van der Waals surface area contributed by atoms with Gasteiger partial charge in [0.1, 0.15) is 5.15 Å². The molecule has 0 amide bonds. The summed E-state index contributed by atoms with van der Waals surface area (Å²) in [6.45, 7) is 4.16. The smallest absolute Gasteiger partial charge is 0.133 e. The van der Waals surface area contributed by atoms with Crippen molar-refractivity contribution in [2.45, 2.75) is 19.8 Å². The highest BCUT2D eigenvalue weighted by Crippen LogP contribution is 2.25. The molecule has 0 atom stereocenters. The van der Waals surface area contributed by atoms with Crippen LogP contribution in [0.5, 0.6) is 0 Å². The number of aromatic nitrogens is 2. The Balaban J connectivity index is 2.52. The molecule has 0 aliphatic heterocycles. The Morgan fingerprint density at radius 2 is 1.88 bits per heavy atom. The largest absolute Gasteiger partial charge is 0.220 e. The molecule has 2 rings (SSSR count). The van der Waals surface area contributed by atoms with E-state index in [1.807, 2.05) is 30.3 Å². The van der Waals surface area contributed by atoms with Crippen LogP contribution in [0.3, 0.4) is 0 Å². The van der Waals surface area contributed by atoms with Crippen molar-refractivity contribution in [1.29, 1.82) is 0 Å². The van der Waals surface area contributed by atoms with Gasteiger partial charge in [-0.15, -0.1) is 0 Å². The molecule has 84 valence electrons. The summed E-state index contributed by atoms with van der Waals surface area (Å²) in [7, 11) is 0. The minimum atomic E-state index is 0.348. The zero-order valence-electron chi connectivity index (χ0n) is 9.11. The maximum absolute atomic E-state index is 6.14. The molecule has 0 unspecified atom stereocenters. The normalized spacial score (nSPS) is 11.1. The molecule has 4 heteroatoms. The standard InChI is InChI=1S/C12H12Cl2N2/c1-8(2)10-7-12(14)16(15-10)11-6-4-3-5-9(11)13/h3-8H,1-2H3. The molecule has 0 saturated carbocycles. The summed E-state index contributed by atoms with van der Waals surface area (Å²) in [5, 5.41) is 5.66. The van der Waals surface area contributed by atoms with E-state index in [0.29, 0.717) is 16.1 Å². The highest BCUT2D eigenvalue weighted by molar-refractivity contribution is 6.33. The van der Waals surface area contributed by atoms with Gasteiger partial charge < -0.3 is 0 Å². The number of benzene rings is 1. The van der Waals surface area contributed by atoms with Crippen molar-refractivity contribution in [2.75, 3.05) is 0 Å². The molecule has 16 heavy (non-hydrogen) atoms. The van der Waals surface area contributed by atoms with Gasteiger partial charge in [-0.1, -0.05) is 49.2 Å². The lowest BCUT2D eigenvalue weighted by atomic mass is 10.1. The van der Waals surface area contributed by atoms with E-state index in [0.717, 1.165) is 11.4 Å². The first-order chi connectivity index (χ1) is 7.59. The van der Waals surface area contributed by atoms with Crippen molar-refractivity contribution < 1.29 is 0 Å². The van der Waals surface area contributed by atoms with E-state index < -0.39 is 0 Å². The lowest BCUT2D eigenvalue weighted by Gasteiger charge is -2.05. The summed E-state index contributed by atoms with van der Waals surface area (Å²) >= 11 is 12.2. The molecule has 0 bridgehead atoms. The number of hydrogen-bond donors (Lipinski definition) is 0. The van der Waals surface area contributed by atoms with Crippen LogP contribution >= 0.6 is 23.2 Å². The predicted molar refractivity (Wildman–Crippen MR) is 67.7 cm³/mol. The maximum atomic E-state index is 6.14. The molecule has 2 nitrogen and oxygen atoms in total. The number of halogens is 2. The van der Waals surface area contributed by atoms with Crippen LogP contribution in [0.1, 0.15) is 25.5 Å². The van der Waals surface area contributed by atoms with Gasteiger partial charge in [-0.2, -0.15) is 5.10 Å². The minimum absolute atomic E-state index is 0.348. The third-order valence-electron chi connectivity index (χ3n) is 2.36. The molecular weight excluding hydrogens is 243 g/mol. The summed E-state index contributed by atoms with van der Waals surface area (Å²) in [6, 6.07) is 9.38. The molecule has 0 aliphatic rings. The molecule has 0 N–H and O–H groups in total. The molecule has 0 fully saturated rings. The molecular formula is C12H12Cl2N2. The monoisotopic (exact) mass is 254 g/mol. The van der Waals surface area contributed by atoms with Crippen LogP contribution in [-0.4, -0.2) is 9.78 Å². The van der Waals surface area contributed by atoms with Gasteiger partial charge in [0.2, 0.25) is 0 Å². The van der Waals surface area contributed by atoms with Crippen LogP contribution < -0.4 is 0 Å². The first-order valence-corrected chi connectivity index (χ1v) is 5.85. The molecule has 0 radical (unpaired) electrons. The Hall–Kier alpha value is -0.990. The van der Waals surface area contributed by atoms with Crippen LogP contribution in [-0.2, 0) is 0 Å². The lowest BCUT2D eigenvalue weighted by molar-refractivity contribution is 0.769. The molecule has 0 spiro atoms. The lowest BCUT2D eigenvalue weighted by Crippen LogP contribution is -1.98. The second kappa shape index (κ2) is 4.48. The summed E-state index contributed by atoms with van der Waals surface area (Å²) in [5.41, 5.74) is 1.77. The Morgan fingerprint density at radius 1 is 1.19 bits per heavy atom. The van der Waals surface area contributed by atoms with Gasteiger partial charge in [-0.25, -0.2) is 4.68 Å². The molecule has 1 aromatic carbocycles. The third-order valence-corrected chi connectivity index (χ3v) is 2.95. The van der Waals surface area contributed by atoms with Gasteiger partial charge in [0.15, 0.2) is 0 Å². The zero-order valence-corrected chi connectivity index (χ0v) is 10.6. The zero-order chi connectivity index (χ0) is 11.7. The SMILES string of the molecule is CC(C)c1cc(Cl)n(-c2ccccc2Cl)n1. The van der Waals surface area contributed by atoms with Crippen LogP contribution in [0.2, 0.25) is 10.2 Å². The summed E-state index contributed by atoms with van der Waals surface area (Å²) in [5.74, 6) is 0.348. The quantitative estimate of drug-likeness (QED) is 0.782. The van der Waals surface area contributed by atoms with Crippen molar-refractivity contribution in [3.05, 3.63) is 46.2 Å². The average molecular weight is 255 g/mol. The van der Waals surface area contributed by atoms with Gasteiger partial charge in [0.25, 0.3) is 0 Å². The molecule has 1 heterocycles. The van der Waals surface area contributed by atoms with E-state index in [1.54, 1.807) is 4.68 Å². The van der Waals surface area contributed by atoms with Crippen LogP contribution in [0, 0.1) is 0 Å². The minimum Gasteiger partial charge on any atom is -0.220 e. The summed E-state index contributed by atoms with van der Waals surface area (Å²) < 4.78 is 1.67. The van der Waals surface area contributed by atoms with E-state index in [2.05, 4.69) is 18.9 Å². The first-order valence-electron chi connectivity index (χ1n) is 5.10. The maximum Gasteiger partial charge on any atom is 0.133 e. The van der Waals surface area contributed by atoms with Gasteiger partial charge in [-0.05, 0) is 24.1 Å². The van der Waals surface area contributed by atoms with Gasteiger partial charge in [0, 0.05) is 0 Å². The Labute approximate surface area is 105 Å². The second-order valence-electron chi connectivity index (χ2n) is 3.91. The third kappa shape index (κ3) is 2.08. The molecule has 0 saturated heterocycles. The van der Waals surface area contributed by atoms with Crippen molar-refractivity contribution >= 4 is 23.2 Å². The van der Waals surface area contributed by atoms with E-state index in [4.69, 9.17) is 23.2 Å². The Bertz CT molecular complexity index is 503. The summed E-state index contributed by atoms with van der Waals surface area (Å²) in [6.07, 6.45) is 0. The first kappa shape index (κ1) is 11.5. The highest BCUT2D eigenvalue weighted by atomic mass is 35.5. The van der Waals surface area contributed by atoms with Gasteiger partial charge >= 0.3 is 0 Å². The fourth-order valence-corrected chi connectivity index (χ4v) is 1.91. The Morgan fingerprint density at radius 3 is 2.44 bits per heavy atom. The van der Waals surface area contributed by atoms with Crippen molar-refractivity contribution in [1.82, 2.24) is 9.78 Å². The fourth-order valence-electron chi connectivity index (χ4n) is 1.45. The van der Waals surface area contributed by atoms with Gasteiger partial charge in [0.05, 0.1) is 16.4 Å². The van der Waals surface area contributed by atoms with Crippen molar-refractivity contribution in [2.24, 2.45) is 0 Å². The fraction of sp³-hybridized carbons (Fsp3) is 0.250. The number of para-hydroxylation sites is 1. The number of hydrogen-bond acceptors (Lipinski definition) is 1. The second-order valence-corrected chi connectivity index (χ2v) is 4.70. The predicted octanol–water partition coefficient (Wildman–Crippen LogP) is 4.30. The number of nitrogens with zero attached hydrogens (tertiary/aromatic N) is 2. The van der Waals surface area contributed by atoms with Crippen molar-refractivity contribution in [3.8, 4) is 5.69 Å². The van der Waals surface area contributed by atoms with Crippen molar-refractivity contribution in [3.63, 3.8) is 0 Å².